The van der Waals surface area contributed by atoms with Gasteiger partial charge in [-0.2, -0.15) is 0 Å². The molecule has 0 aromatic heterocycles. The maximum absolute atomic E-state index is 13.4. The van der Waals surface area contributed by atoms with E-state index >= 15 is 0 Å². The normalized spacial score (nSPS) is 11.6. The maximum atomic E-state index is 13.4. The predicted octanol–water partition coefficient (Wildman–Crippen LogP) is 4.87. The summed E-state index contributed by atoms with van der Waals surface area (Å²) < 4.78 is 39.9. The van der Waals surface area contributed by atoms with Crippen molar-refractivity contribution in [1.29, 1.82) is 0 Å². The fourth-order valence-corrected chi connectivity index (χ4v) is 4.29. The first-order valence-electron chi connectivity index (χ1n) is 9.94. The quantitative estimate of drug-likeness (QED) is 0.339. The van der Waals surface area contributed by atoms with Gasteiger partial charge in [0.15, 0.2) is 11.5 Å². The van der Waals surface area contributed by atoms with Crippen LogP contribution in [0.2, 0.25) is 0 Å². The van der Waals surface area contributed by atoms with E-state index in [2.05, 4.69) is 10.6 Å². The van der Waals surface area contributed by atoms with Gasteiger partial charge in [-0.3, -0.25) is 9.36 Å². The average Bonchev–Trinajstić information content (AvgIpc) is 2.79. The second-order valence-corrected chi connectivity index (χ2v) is 8.25. The second kappa shape index (κ2) is 12.1. The van der Waals surface area contributed by atoms with E-state index in [4.69, 9.17) is 23.3 Å². The minimum Gasteiger partial charge on any atom is -0.497 e. The Hall–Kier alpha value is -3.00. The Morgan fingerprint density at radius 3 is 2.00 bits per heavy atom. The molecular formula is C22H29N2O7P. The molecule has 174 valence electrons. The number of hydrogen-bond acceptors (Lipinski definition) is 8. The molecular weight excluding hydrogens is 435 g/mol. The molecule has 9 nitrogen and oxygen atoms in total. The van der Waals surface area contributed by atoms with Crippen molar-refractivity contribution < 1.29 is 32.6 Å². The lowest BCUT2D eigenvalue weighted by Gasteiger charge is -2.20. The van der Waals surface area contributed by atoms with E-state index < -0.39 is 13.5 Å². The summed E-state index contributed by atoms with van der Waals surface area (Å²) >= 11 is 0. The largest absolute Gasteiger partial charge is 0.497 e. The molecule has 10 heteroatoms. The van der Waals surface area contributed by atoms with Gasteiger partial charge in [0, 0.05) is 23.6 Å². The van der Waals surface area contributed by atoms with E-state index in [1.807, 2.05) is 0 Å². The number of ether oxygens (including phenoxy) is 3. The molecule has 0 aliphatic rings. The van der Waals surface area contributed by atoms with Crippen LogP contribution in [0, 0.1) is 0 Å². The van der Waals surface area contributed by atoms with Gasteiger partial charge in [-0.25, -0.2) is 0 Å². The Morgan fingerprint density at radius 1 is 0.875 bits per heavy atom. The molecule has 2 aromatic rings. The Morgan fingerprint density at radius 2 is 1.47 bits per heavy atom. The summed E-state index contributed by atoms with van der Waals surface area (Å²) in [6.45, 7) is 3.54. The van der Waals surface area contributed by atoms with Gasteiger partial charge in [0.05, 0.1) is 34.5 Å². The Kier molecular flexibility index (Phi) is 9.59. The summed E-state index contributed by atoms with van der Waals surface area (Å²) in [6, 6.07) is 11.8. The summed E-state index contributed by atoms with van der Waals surface area (Å²) in [6.07, 6.45) is 1.31. The van der Waals surface area contributed by atoms with E-state index in [0.717, 1.165) is 0 Å². The highest BCUT2D eigenvalue weighted by molar-refractivity contribution is 7.60. The highest BCUT2D eigenvalue weighted by Gasteiger charge is 2.35. The molecule has 2 aromatic carbocycles. The van der Waals surface area contributed by atoms with Gasteiger partial charge in [0.1, 0.15) is 11.1 Å². The van der Waals surface area contributed by atoms with E-state index in [1.54, 1.807) is 63.4 Å². The van der Waals surface area contributed by atoms with E-state index in [0.29, 0.717) is 28.6 Å². The number of hydrogen-bond donors (Lipinski definition) is 2. The molecule has 0 spiro atoms. The van der Waals surface area contributed by atoms with Gasteiger partial charge in [-0.05, 0) is 50.2 Å². The number of anilines is 2. The molecule has 32 heavy (non-hydrogen) atoms. The van der Waals surface area contributed by atoms with Gasteiger partial charge in [-0.1, -0.05) is 0 Å². The van der Waals surface area contributed by atoms with Crippen LogP contribution in [0.15, 0.2) is 54.0 Å². The Bertz CT molecular complexity index is 967. The zero-order valence-corrected chi connectivity index (χ0v) is 19.7. The Labute approximate surface area is 188 Å². The SMILES string of the molecule is CCOP(=O)(OCC)/C(=C/Nc1ccc(OC)c(OC)c1)C(=O)Nc1ccc(OC)cc1. The number of methoxy groups -OCH3 is 3. The maximum Gasteiger partial charge on any atom is 0.368 e. The van der Waals surface area contributed by atoms with E-state index in [-0.39, 0.29) is 18.5 Å². The fraction of sp³-hybridized carbons (Fsp3) is 0.318. The molecule has 2 rings (SSSR count). The van der Waals surface area contributed by atoms with Gasteiger partial charge < -0.3 is 33.9 Å². The molecule has 0 unspecified atom stereocenters. The lowest BCUT2D eigenvalue weighted by molar-refractivity contribution is -0.112. The minimum absolute atomic E-state index is 0.0980. The zero-order valence-electron chi connectivity index (χ0n) is 18.8. The number of nitrogens with one attached hydrogen (secondary N) is 2. The molecule has 2 N–H and O–H groups in total. The van der Waals surface area contributed by atoms with Crippen LogP contribution in [0.5, 0.6) is 17.2 Å². The second-order valence-electron chi connectivity index (χ2n) is 6.26. The average molecular weight is 464 g/mol. The van der Waals surface area contributed by atoms with Crippen molar-refractivity contribution in [3.05, 3.63) is 54.0 Å². The molecule has 0 aliphatic heterocycles. The number of carbonyl (C=O) groups excluding carboxylic acids is 1. The number of amides is 1. The third-order valence-electron chi connectivity index (χ3n) is 4.23. The lowest BCUT2D eigenvalue weighted by Crippen LogP contribution is -2.18. The van der Waals surface area contributed by atoms with Crippen LogP contribution in [0.4, 0.5) is 11.4 Å². The molecule has 0 atom stereocenters. The molecule has 0 fully saturated rings. The molecule has 0 aliphatic carbocycles. The van der Waals surface area contributed by atoms with E-state index in [1.165, 1.54) is 20.4 Å². The summed E-state index contributed by atoms with van der Waals surface area (Å²) in [5.74, 6) is 1.05. The van der Waals surface area contributed by atoms with Crippen molar-refractivity contribution in [2.75, 3.05) is 45.2 Å². The molecule has 0 radical (unpaired) electrons. The third-order valence-corrected chi connectivity index (χ3v) is 6.35. The number of rotatable bonds is 12. The fourth-order valence-electron chi connectivity index (χ4n) is 2.73. The first-order chi connectivity index (χ1) is 15.4. The topological polar surface area (TPSA) is 104 Å². The van der Waals surface area contributed by atoms with Gasteiger partial charge >= 0.3 is 7.60 Å². The molecule has 0 saturated heterocycles. The van der Waals surface area contributed by atoms with Crippen LogP contribution >= 0.6 is 7.60 Å². The summed E-state index contributed by atoms with van der Waals surface area (Å²) in [5, 5.41) is 5.51. The summed E-state index contributed by atoms with van der Waals surface area (Å²) in [5.41, 5.74) is 1.07. The molecule has 1 amide bonds. The zero-order chi connectivity index (χ0) is 23.6. The molecule has 0 bridgehead atoms. The van der Waals surface area contributed by atoms with Crippen molar-refractivity contribution in [1.82, 2.24) is 0 Å². The van der Waals surface area contributed by atoms with Gasteiger partial charge in [0.2, 0.25) is 0 Å². The van der Waals surface area contributed by atoms with E-state index in [9.17, 15) is 9.36 Å². The predicted molar refractivity (Wildman–Crippen MR) is 124 cm³/mol. The standard InChI is InChI=1S/C22H29N2O7P/c1-6-30-32(26,31-7-2)21(22(25)24-16-8-11-18(27-3)12-9-16)15-23-17-10-13-19(28-4)20(14-17)29-5/h8-15,23H,6-7H2,1-5H3,(H,24,25)/b21-15+. The van der Waals surface area contributed by atoms with Crippen molar-refractivity contribution in [2.24, 2.45) is 0 Å². The van der Waals surface area contributed by atoms with Gasteiger partial charge in [0.25, 0.3) is 5.91 Å². The highest BCUT2D eigenvalue weighted by atomic mass is 31.2. The van der Waals surface area contributed by atoms with Crippen molar-refractivity contribution in [2.45, 2.75) is 13.8 Å². The molecule has 0 heterocycles. The lowest BCUT2D eigenvalue weighted by atomic mass is 10.2. The van der Waals surface area contributed by atoms with Crippen molar-refractivity contribution in [3.8, 4) is 17.2 Å². The first-order valence-corrected chi connectivity index (χ1v) is 11.5. The molecule has 0 saturated carbocycles. The monoisotopic (exact) mass is 464 g/mol. The van der Waals surface area contributed by atoms with Crippen molar-refractivity contribution >= 4 is 24.9 Å². The summed E-state index contributed by atoms with van der Waals surface area (Å²) in [7, 11) is 0.699. The number of benzene rings is 2. The Balaban J connectivity index is 2.38. The van der Waals surface area contributed by atoms with Crippen LogP contribution in [0.1, 0.15) is 13.8 Å². The highest BCUT2D eigenvalue weighted by Crippen LogP contribution is 2.56. The number of carbonyl (C=O) groups is 1. The van der Waals surface area contributed by atoms with Crippen LogP contribution in [0.3, 0.4) is 0 Å². The first kappa shape index (κ1) is 25.3. The van der Waals surface area contributed by atoms with Crippen LogP contribution in [0.25, 0.3) is 0 Å². The van der Waals surface area contributed by atoms with Crippen LogP contribution < -0.4 is 24.8 Å². The minimum atomic E-state index is -3.90. The smallest absolute Gasteiger partial charge is 0.368 e. The summed E-state index contributed by atoms with van der Waals surface area (Å²) in [4.78, 5) is 13.1. The third kappa shape index (κ3) is 6.50. The van der Waals surface area contributed by atoms with Crippen LogP contribution in [-0.2, 0) is 18.4 Å². The van der Waals surface area contributed by atoms with Crippen molar-refractivity contribution in [3.63, 3.8) is 0 Å². The van der Waals surface area contributed by atoms with Gasteiger partial charge in [-0.15, -0.1) is 0 Å². The van der Waals surface area contributed by atoms with Crippen LogP contribution in [-0.4, -0.2) is 40.5 Å².